The third kappa shape index (κ3) is 3.74. The van der Waals surface area contributed by atoms with Gasteiger partial charge in [0.15, 0.2) is 0 Å². The molecule has 1 aliphatic rings. The number of nitrogens with one attached hydrogen (secondary N) is 1. The molecule has 0 amide bonds. The van der Waals surface area contributed by atoms with E-state index in [1.165, 1.54) is 18.9 Å². The van der Waals surface area contributed by atoms with Gasteiger partial charge in [0.05, 0.1) is 0 Å². The monoisotopic (exact) mass is 268 g/mol. The van der Waals surface area contributed by atoms with Gasteiger partial charge in [-0.25, -0.2) is 8.78 Å². The molecule has 2 rings (SSSR count). The van der Waals surface area contributed by atoms with Crippen LogP contribution >= 0.6 is 0 Å². The largest absolute Gasteiger partial charge is 0.317 e. The summed E-state index contributed by atoms with van der Waals surface area (Å²) in [5.41, 5.74) is 0.567. The number of hydrogen-bond acceptors (Lipinski definition) is 2. The van der Waals surface area contributed by atoms with E-state index < -0.39 is 11.6 Å². The molecule has 1 atom stereocenters. The number of benzene rings is 1. The predicted octanol–water partition coefficient (Wildman–Crippen LogP) is 2.96. The van der Waals surface area contributed by atoms with E-state index in [-0.39, 0.29) is 6.04 Å². The van der Waals surface area contributed by atoms with E-state index in [4.69, 9.17) is 0 Å². The highest BCUT2D eigenvalue weighted by Gasteiger charge is 2.20. The van der Waals surface area contributed by atoms with Crippen molar-refractivity contribution < 1.29 is 8.78 Å². The fraction of sp³-hybridized carbons (Fsp3) is 0.600. The third-order valence-electron chi connectivity index (χ3n) is 4.08. The number of rotatable bonds is 4. The molecule has 0 spiro atoms. The van der Waals surface area contributed by atoms with Crippen LogP contribution in [0.5, 0.6) is 0 Å². The van der Waals surface area contributed by atoms with Crippen LogP contribution < -0.4 is 5.32 Å². The zero-order valence-electron chi connectivity index (χ0n) is 11.6. The average molecular weight is 268 g/mol. The molecule has 0 saturated carbocycles. The van der Waals surface area contributed by atoms with Crippen LogP contribution in [0.1, 0.15) is 31.4 Å². The maximum Gasteiger partial charge on any atom is 0.130 e. The second-order valence-corrected chi connectivity index (χ2v) is 5.47. The summed E-state index contributed by atoms with van der Waals surface area (Å²) in [6.45, 7) is 5.06. The average Bonchev–Trinajstić information content (AvgIpc) is 2.39. The van der Waals surface area contributed by atoms with E-state index in [2.05, 4.69) is 10.2 Å². The number of halogens is 2. The summed E-state index contributed by atoms with van der Waals surface area (Å²) in [7, 11) is 2.01. The van der Waals surface area contributed by atoms with Gasteiger partial charge in [0.2, 0.25) is 0 Å². The highest BCUT2D eigenvalue weighted by molar-refractivity contribution is 5.21. The second-order valence-electron chi connectivity index (χ2n) is 5.47. The summed E-state index contributed by atoms with van der Waals surface area (Å²) in [6, 6.07) is 3.81. The molecule has 0 aromatic heterocycles. The maximum absolute atomic E-state index is 13.8. The molecule has 1 aromatic rings. The summed E-state index contributed by atoms with van der Waals surface area (Å²) in [5.74, 6) is -0.309. The highest BCUT2D eigenvalue weighted by Crippen LogP contribution is 2.24. The van der Waals surface area contributed by atoms with E-state index in [1.54, 1.807) is 6.07 Å². The van der Waals surface area contributed by atoms with Crippen molar-refractivity contribution >= 4 is 0 Å². The molecule has 1 aromatic carbocycles. The quantitative estimate of drug-likeness (QED) is 0.903. The molecular weight excluding hydrogens is 246 g/mol. The Hall–Kier alpha value is -1.00. The first-order valence-electron chi connectivity index (χ1n) is 6.94. The van der Waals surface area contributed by atoms with Crippen molar-refractivity contribution in [2.75, 3.05) is 26.7 Å². The molecule has 1 saturated heterocycles. The summed E-state index contributed by atoms with van der Waals surface area (Å²) < 4.78 is 26.7. The van der Waals surface area contributed by atoms with Crippen molar-refractivity contribution in [3.63, 3.8) is 0 Å². The summed E-state index contributed by atoms with van der Waals surface area (Å²) in [6.07, 6.45) is 2.34. The van der Waals surface area contributed by atoms with Crippen LogP contribution in [-0.4, -0.2) is 31.6 Å². The highest BCUT2D eigenvalue weighted by atomic mass is 19.1. The molecule has 2 nitrogen and oxygen atoms in total. The molecule has 1 heterocycles. The Balaban J connectivity index is 1.99. The standard InChI is InChI=1S/C15H22F2N2/c1-11(14-4-3-13(16)9-15(14)17)19(2)10-12-5-7-18-8-6-12/h3-4,9,11-12,18H,5-8,10H2,1-2H3. The zero-order chi connectivity index (χ0) is 13.8. The van der Waals surface area contributed by atoms with Crippen LogP contribution in [0.25, 0.3) is 0 Å². The van der Waals surface area contributed by atoms with Crippen LogP contribution in [0.2, 0.25) is 0 Å². The van der Waals surface area contributed by atoms with E-state index >= 15 is 0 Å². The lowest BCUT2D eigenvalue weighted by Gasteiger charge is -2.31. The second kappa shape index (κ2) is 6.44. The van der Waals surface area contributed by atoms with Gasteiger partial charge in [0.1, 0.15) is 11.6 Å². The van der Waals surface area contributed by atoms with Crippen molar-refractivity contribution in [2.24, 2.45) is 5.92 Å². The zero-order valence-corrected chi connectivity index (χ0v) is 11.6. The molecule has 1 unspecified atom stereocenters. The SMILES string of the molecule is CC(c1ccc(F)cc1F)N(C)CC1CCNCC1. The Kier molecular flexibility index (Phi) is 4.88. The van der Waals surface area contributed by atoms with Gasteiger partial charge in [0, 0.05) is 24.2 Å². The van der Waals surface area contributed by atoms with Crippen LogP contribution in [0, 0.1) is 17.6 Å². The van der Waals surface area contributed by atoms with Gasteiger partial charge in [-0.05, 0) is 51.9 Å². The lowest BCUT2D eigenvalue weighted by atomic mass is 9.96. The molecule has 4 heteroatoms. The van der Waals surface area contributed by atoms with Gasteiger partial charge in [-0.1, -0.05) is 6.07 Å². The molecule has 0 bridgehead atoms. The first-order chi connectivity index (χ1) is 9.08. The first-order valence-corrected chi connectivity index (χ1v) is 6.94. The smallest absolute Gasteiger partial charge is 0.130 e. The molecule has 1 N–H and O–H groups in total. The Morgan fingerprint density at radius 3 is 2.63 bits per heavy atom. The molecular formula is C15H22F2N2. The van der Waals surface area contributed by atoms with Gasteiger partial charge in [-0.2, -0.15) is 0 Å². The van der Waals surface area contributed by atoms with Crippen LogP contribution in [-0.2, 0) is 0 Å². The van der Waals surface area contributed by atoms with E-state index in [0.29, 0.717) is 11.5 Å². The Bertz CT molecular complexity index is 417. The summed E-state index contributed by atoms with van der Waals surface area (Å²) in [5, 5.41) is 3.34. The van der Waals surface area contributed by atoms with Gasteiger partial charge < -0.3 is 5.32 Å². The van der Waals surface area contributed by atoms with E-state index in [9.17, 15) is 8.78 Å². The third-order valence-corrected chi connectivity index (χ3v) is 4.08. The molecule has 19 heavy (non-hydrogen) atoms. The van der Waals surface area contributed by atoms with Crippen molar-refractivity contribution in [1.82, 2.24) is 10.2 Å². The van der Waals surface area contributed by atoms with Gasteiger partial charge in [-0.3, -0.25) is 4.90 Å². The summed E-state index contributed by atoms with van der Waals surface area (Å²) >= 11 is 0. The van der Waals surface area contributed by atoms with Crippen molar-refractivity contribution in [3.05, 3.63) is 35.4 Å². The minimum atomic E-state index is -0.519. The molecule has 0 radical (unpaired) electrons. The van der Waals surface area contributed by atoms with Crippen LogP contribution in [0.15, 0.2) is 18.2 Å². The maximum atomic E-state index is 13.8. The molecule has 0 aliphatic carbocycles. The van der Waals surface area contributed by atoms with E-state index in [1.807, 2.05) is 14.0 Å². The van der Waals surface area contributed by atoms with Crippen LogP contribution in [0.3, 0.4) is 0 Å². The normalized spacial score (nSPS) is 18.8. The number of hydrogen-bond donors (Lipinski definition) is 1. The van der Waals surface area contributed by atoms with Crippen molar-refractivity contribution in [2.45, 2.75) is 25.8 Å². The Morgan fingerprint density at radius 2 is 2.00 bits per heavy atom. The van der Waals surface area contributed by atoms with E-state index in [0.717, 1.165) is 25.7 Å². The van der Waals surface area contributed by atoms with Crippen molar-refractivity contribution in [3.8, 4) is 0 Å². The van der Waals surface area contributed by atoms with Gasteiger partial charge in [-0.15, -0.1) is 0 Å². The minimum absolute atomic E-state index is 0.0320. The fourth-order valence-corrected chi connectivity index (χ4v) is 2.71. The van der Waals surface area contributed by atoms with Gasteiger partial charge in [0.25, 0.3) is 0 Å². The molecule has 106 valence electrons. The van der Waals surface area contributed by atoms with Gasteiger partial charge >= 0.3 is 0 Å². The minimum Gasteiger partial charge on any atom is -0.317 e. The fourth-order valence-electron chi connectivity index (χ4n) is 2.71. The predicted molar refractivity (Wildman–Crippen MR) is 73.0 cm³/mol. The molecule has 1 aliphatic heterocycles. The lowest BCUT2D eigenvalue weighted by molar-refractivity contribution is 0.194. The molecule has 1 fully saturated rings. The lowest BCUT2D eigenvalue weighted by Crippen LogP contribution is -2.35. The summed E-state index contributed by atoms with van der Waals surface area (Å²) in [4.78, 5) is 2.16. The topological polar surface area (TPSA) is 15.3 Å². The Labute approximate surface area is 113 Å². The first kappa shape index (κ1) is 14.4. The Morgan fingerprint density at radius 1 is 1.32 bits per heavy atom. The number of nitrogens with zero attached hydrogens (tertiary/aromatic N) is 1. The van der Waals surface area contributed by atoms with Crippen LogP contribution in [0.4, 0.5) is 8.78 Å². The number of piperidine rings is 1. The van der Waals surface area contributed by atoms with Crippen molar-refractivity contribution in [1.29, 1.82) is 0 Å².